The monoisotopic (exact) mass is 144 g/mol. The van der Waals surface area contributed by atoms with E-state index in [-0.39, 0.29) is 18.0 Å². The number of rotatable bonds is 2. The van der Waals surface area contributed by atoms with Crippen molar-refractivity contribution in [3.63, 3.8) is 0 Å². The molecule has 0 aliphatic rings. The fraction of sp³-hybridized carbons (Fsp3) is 0.857. The molecule has 1 amide bonds. The molecular formula is C7H16N2O. The van der Waals surface area contributed by atoms with E-state index in [1.165, 1.54) is 0 Å². The molecule has 0 saturated carbocycles. The molecule has 60 valence electrons. The van der Waals surface area contributed by atoms with Crippen LogP contribution in [-0.2, 0) is 4.79 Å². The lowest BCUT2D eigenvalue weighted by molar-refractivity contribution is -0.132. The van der Waals surface area contributed by atoms with Gasteiger partial charge in [0, 0.05) is 13.1 Å². The van der Waals surface area contributed by atoms with E-state index in [2.05, 4.69) is 0 Å². The van der Waals surface area contributed by atoms with Crippen LogP contribution in [-0.4, -0.2) is 29.9 Å². The molecule has 0 aliphatic heterocycles. The third-order valence-corrected chi connectivity index (χ3v) is 1.51. The Morgan fingerprint density at radius 2 is 1.80 bits per heavy atom. The number of carbonyl (C=O) groups is 1. The largest absolute Gasteiger partial charge is 0.342 e. The van der Waals surface area contributed by atoms with Crippen molar-refractivity contribution in [3.05, 3.63) is 0 Å². The third-order valence-electron chi connectivity index (χ3n) is 1.51. The van der Waals surface area contributed by atoms with Crippen LogP contribution >= 0.6 is 0 Å². The van der Waals surface area contributed by atoms with Crippen LogP contribution in [0.3, 0.4) is 0 Å². The average Bonchev–Trinajstić information content (AvgIpc) is 1.84. The highest BCUT2D eigenvalue weighted by atomic mass is 16.2. The second-order valence-electron chi connectivity index (χ2n) is 2.83. The minimum absolute atomic E-state index is 0.00463. The summed E-state index contributed by atoms with van der Waals surface area (Å²) in [7, 11) is 1.76. The van der Waals surface area contributed by atoms with Crippen molar-refractivity contribution in [1.82, 2.24) is 4.90 Å². The Balaban J connectivity index is 3.95. The average molecular weight is 144 g/mol. The second-order valence-corrected chi connectivity index (χ2v) is 2.83. The second kappa shape index (κ2) is 3.56. The van der Waals surface area contributed by atoms with Crippen LogP contribution in [0.4, 0.5) is 0 Å². The van der Waals surface area contributed by atoms with Crippen molar-refractivity contribution in [1.29, 1.82) is 0 Å². The predicted molar refractivity (Wildman–Crippen MR) is 41.6 cm³/mol. The van der Waals surface area contributed by atoms with Gasteiger partial charge in [0.2, 0.25) is 5.91 Å². The zero-order valence-electron chi connectivity index (χ0n) is 7.09. The fourth-order valence-corrected chi connectivity index (χ4v) is 0.576. The summed E-state index contributed by atoms with van der Waals surface area (Å²) < 4.78 is 0. The van der Waals surface area contributed by atoms with Crippen LogP contribution in [0.2, 0.25) is 0 Å². The van der Waals surface area contributed by atoms with E-state index in [0.29, 0.717) is 0 Å². The van der Waals surface area contributed by atoms with E-state index in [4.69, 9.17) is 5.73 Å². The highest BCUT2D eigenvalue weighted by Gasteiger charge is 2.14. The van der Waals surface area contributed by atoms with Gasteiger partial charge in [-0.1, -0.05) is 0 Å². The Bertz CT molecular complexity index is 121. The molecule has 0 heterocycles. The van der Waals surface area contributed by atoms with Gasteiger partial charge in [0.05, 0.1) is 6.04 Å². The van der Waals surface area contributed by atoms with Gasteiger partial charge in [0.15, 0.2) is 0 Å². The summed E-state index contributed by atoms with van der Waals surface area (Å²) >= 11 is 0. The maximum Gasteiger partial charge on any atom is 0.239 e. The van der Waals surface area contributed by atoms with Gasteiger partial charge in [-0.2, -0.15) is 0 Å². The molecule has 0 aromatic heterocycles. The van der Waals surface area contributed by atoms with E-state index >= 15 is 0 Å². The lowest BCUT2D eigenvalue weighted by Crippen LogP contribution is -2.43. The van der Waals surface area contributed by atoms with Crippen LogP contribution in [0.1, 0.15) is 20.8 Å². The summed E-state index contributed by atoms with van der Waals surface area (Å²) in [6.45, 7) is 5.61. The first-order valence-electron chi connectivity index (χ1n) is 3.49. The maximum atomic E-state index is 11.1. The van der Waals surface area contributed by atoms with Crippen molar-refractivity contribution in [2.75, 3.05) is 7.05 Å². The third kappa shape index (κ3) is 2.35. The first-order valence-corrected chi connectivity index (χ1v) is 3.49. The Morgan fingerprint density at radius 3 is 1.90 bits per heavy atom. The van der Waals surface area contributed by atoms with Gasteiger partial charge < -0.3 is 10.6 Å². The molecule has 0 spiro atoms. The lowest BCUT2D eigenvalue weighted by atomic mass is 10.2. The van der Waals surface area contributed by atoms with Gasteiger partial charge in [-0.25, -0.2) is 0 Å². The van der Waals surface area contributed by atoms with Crippen LogP contribution < -0.4 is 5.73 Å². The zero-order chi connectivity index (χ0) is 8.31. The molecule has 3 heteroatoms. The van der Waals surface area contributed by atoms with Crippen LogP contribution in [0.25, 0.3) is 0 Å². The number of nitrogens with zero attached hydrogens (tertiary/aromatic N) is 1. The Labute approximate surface area is 62.2 Å². The summed E-state index contributed by atoms with van der Waals surface area (Å²) in [5.74, 6) is -0.00463. The molecule has 0 aromatic carbocycles. The van der Waals surface area contributed by atoms with E-state index in [1.807, 2.05) is 13.8 Å². The number of amides is 1. The van der Waals surface area contributed by atoms with Crippen LogP contribution in [0.5, 0.6) is 0 Å². The molecule has 0 fully saturated rings. The summed E-state index contributed by atoms with van der Waals surface area (Å²) in [5.41, 5.74) is 5.38. The predicted octanol–water partition coefficient (Wildman–Crippen LogP) is 0.200. The molecule has 0 aromatic rings. The van der Waals surface area contributed by atoms with Gasteiger partial charge in [0.1, 0.15) is 0 Å². The van der Waals surface area contributed by atoms with Gasteiger partial charge in [-0.3, -0.25) is 4.79 Å². The zero-order valence-corrected chi connectivity index (χ0v) is 7.09. The van der Waals surface area contributed by atoms with Crippen LogP contribution in [0.15, 0.2) is 0 Å². The smallest absolute Gasteiger partial charge is 0.239 e. The normalized spacial score (nSPS) is 13.4. The van der Waals surface area contributed by atoms with Crippen molar-refractivity contribution < 1.29 is 4.79 Å². The van der Waals surface area contributed by atoms with Crippen molar-refractivity contribution in [3.8, 4) is 0 Å². The van der Waals surface area contributed by atoms with Gasteiger partial charge in [0.25, 0.3) is 0 Å². The number of hydrogen-bond donors (Lipinski definition) is 1. The van der Waals surface area contributed by atoms with E-state index in [1.54, 1.807) is 18.9 Å². The summed E-state index contributed by atoms with van der Waals surface area (Å²) in [6, 6.07) is -0.147. The molecule has 0 radical (unpaired) electrons. The molecular weight excluding hydrogens is 128 g/mol. The number of likely N-dealkylation sites (N-methyl/N-ethyl adjacent to an activating group) is 1. The molecule has 3 nitrogen and oxygen atoms in total. The Morgan fingerprint density at radius 1 is 1.40 bits per heavy atom. The molecule has 10 heavy (non-hydrogen) atoms. The molecule has 0 aliphatic carbocycles. The molecule has 1 atom stereocenters. The van der Waals surface area contributed by atoms with Gasteiger partial charge >= 0.3 is 0 Å². The quantitative estimate of drug-likeness (QED) is 0.601. The summed E-state index contributed by atoms with van der Waals surface area (Å²) in [6.07, 6.45) is 0. The fourth-order valence-electron chi connectivity index (χ4n) is 0.576. The molecule has 0 rings (SSSR count). The minimum atomic E-state index is -0.382. The molecule has 0 bridgehead atoms. The lowest BCUT2D eigenvalue weighted by Gasteiger charge is -2.22. The minimum Gasteiger partial charge on any atom is -0.342 e. The van der Waals surface area contributed by atoms with E-state index in [0.717, 1.165) is 0 Å². The van der Waals surface area contributed by atoms with Gasteiger partial charge in [-0.05, 0) is 20.8 Å². The maximum absolute atomic E-state index is 11.1. The van der Waals surface area contributed by atoms with Gasteiger partial charge in [-0.15, -0.1) is 0 Å². The standard InChI is InChI=1S/C7H16N2O/c1-5(2)9(4)7(10)6(3)8/h5-6H,8H2,1-4H3/t6-/m1/s1. The van der Waals surface area contributed by atoms with Crippen molar-refractivity contribution in [2.24, 2.45) is 5.73 Å². The highest BCUT2D eigenvalue weighted by molar-refractivity contribution is 5.81. The molecule has 0 unspecified atom stereocenters. The van der Waals surface area contributed by atoms with Crippen LogP contribution in [0, 0.1) is 0 Å². The number of nitrogens with two attached hydrogens (primary N) is 1. The SMILES string of the molecule is CC(C)N(C)C(=O)[C@@H](C)N. The van der Waals surface area contributed by atoms with E-state index in [9.17, 15) is 4.79 Å². The first kappa shape index (κ1) is 9.43. The van der Waals surface area contributed by atoms with E-state index < -0.39 is 0 Å². The summed E-state index contributed by atoms with van der Waals surface area (Å²) in [4.78, 5) is 12.7. The number of hydrogen-bond acceptors (Lipinski definition) is 2. The van der Waals surface area contributed by atoms with Crippen molar-refractivity contribution >= 4 is 5.91 Å². The van der Waals surface area contributed by atoms with Crippen molar-refractivity contribution in [2.45, 2.75) is 32.9 Å². The highest BCUT2D eigenvalue weighted by Crippen LogP contribution is 1.95. The Hall–Kier alpha value is -0.570. The Kier molecular flexibility index (Phi) is 3.36. The first-order chi connectivity index (χ1) is 4.46. The summed E-state index contributed by atoms with van der Waals surface area (Å²) in [5, 5.41) is 0. The molecule has 2 N–H and O–H groups in total. The molecule has 0 saturated heterocycles. The number of carbonyl (C=O) groups excluding carboxylic acids is 1. The topological polar surface area (TPSA) is 46.3 Å².